The highest BCUT2D eigenvalue weighted by Gasteiger charge is 2.33. The molecule has 0 aliphatic heterocycles. The SMILES string of the molecule is CCNC1CCCC1c1nc(C2CCCCCCC2)no1. The predicted octanol–water partition coefficient (Wildman–Crippen LogP) is 4.14. The lowest BCUT2D eigenvalue weighted by molar-refractivity contribution is 0.325. The number of aromatic nitrogens is 2. The van der Waals surface area contributed by atoms with E-state index in [9.17, 15) is 0 Å². The fourth-order valence-corrected chi connectivity index (χ4v) is 4.04. The fourth-order valence-electron chi connectivity index (χ4n) is 4.04. The minimum Gasteiger partial charge on any atom is -0.339 e. The molecule has 2 saturated carbocycles. The molecular weight excluding hydrogens is 262 g/mol. The molecule has 3 rings (SSSR count). The summed E-state index contributed by atoms with van der Waals surface area (Å²) in [5.74, 6) is 2.83. The van der Waals surface area contributed by atoms with E-state index in [1.165, 1.54) is 64.2 Å². The van der Waals surface area contributed by atoms with Crippen molar-refractivity contribution < 1.29 is 4.52 Å². The van der Waals surface area contributed by atoms with Crippen LogP contribution in [-0.4, -0.2) is 22.7 Å². The topological polar surface area (TPSA) is 51.0 Å². The Bertz CT molecular complexity index is 423. The van der Waals surface area contributed by atoms with Crippen LogP contribution in [0, 0.1) is 0 Å². The Kier molecular flexibility index (Phi) is 5.28. The van der Waals surface area contributed by atoms with Gasteiger partial charge in [0.1, 0.15) is 0 Å². The highest BCUT2D eigenvalue weighted by Crippen LogP contribution is 2.35. The van der Waals surface area contributed by atoms with E-state index in [2.05, 4.69) is 17.4 Å². The van der Waals surface area contributed by atoms with Crippen LogP contribution in [0.5, 0.6) is 0 Å². The molecule has 1 N–H and O–H groups in total. The Hall–Kier alpha value is -0.900. The first-order valence-corrected chi connectivity index (χ1v) is 8.95. The molecule has 0 saturated heterocycles. The van der Waals surface area contributed by atoms with Gasteiger partial charge in [-0.1, -0.05) is 50.6 Å². The summed E-state index contributed by atoms with van der Waals surface area (Å²) in [4.78, 5) is 4.80. The maximum absolute atomic E-state index is 5.65. The van der Waals surface area contributed by atoms with Gasteiger partial charge in [-0.2, -0.15) is 4.98 Å². The Morgan fingerprint density at radius 3 is 2.52 bits per heavy atom. The molecule has 1 aromatic rings. The monoisotopic (exact) mass is 291 g/mol. The molecule has 0 spiro atoms. The maximum atomic E-state index is 5.65. The van der Waals surface area contributed by atoms with Gasteiger partial charge in [-0.25, -0.2) is 0 Å². The van der Waals surface area contributed by atoms with E-state index in [0.717, 1.165) is 18.3 Å². The molecule has 118 valence electrons. The van der Waals surface area contributed by atoms with Crippen molar-refractivity contribution in [1.82, 2.24) is 15.5 Å². The Balaban J connectivity index is 1.67. The third kappa shape index (κ3) is 3.65. The number of nitrogens with zero attached hydrogens (tertiary/aromatic N) is 2. The van der Waals surface area contributed by atoms with Crippen LogP contribution >= 0.6 is 0 Å². The molecule has 1 heterocycles. The van der Waals surface area contributed by atoms with Crippen LogP contribution in [-0.2, 0) is 0 Å². The van der Waals surface area contributed by atoms with E-state index in [0.29, 0.717) is 17.9 Å². The van der Waals surface area contributed by atoms with Crippen LogP contribution in [0.3, 0.4) is 0 Å². The van der Waals surface area contributed by atoms with E-state index in [1.54, 1.807) is 0 Å². The molecule has 21 heavy (non-hydrogen) atoms. The Morgan fingerprint density at radius 1 is 1.00 bits per heavy atom. The molecule has 2 fully saturated rings. The van der Waals surface area contributed by atoms with Gasteiger partial charge in [0.2, 0.25) is 5.89 Å². The lowest BCUT2D eigenvalue weighted by Gasteiger charge is -2.17. The van der Waals surface area contributed by atoms with E-state index >= 15 is 0 Å². The molecule has 1 aromatic heterocycles. The largest absolute Gasteiger partial charge is 0.339 e. The minimum absolute atomic E-state index is 0.430. The number of hydrogen-bond acceptors (Lipinski definition) is 4. The molecule has 2 unspecified atom stereocenters. The average Bonchev–Trinajstić information content (AvgIpc) is 3.07. The molecule has 2 atom stereocenters. The van der Waals surface area contributed by atoms with Crippen molar-refractivity contribution in [2.24, 2.45) is 0 Å². The van der Waals surface area contributed by atoms with Gasteiger partial charge in [0.25, 0.3) is 0 Å². The van der Waals surface area contributed by atoms with Crippen LogP contribution in [0.1, 0.15) is 94.7 Å². The zero-order valence-electron chi connectivity index (χ0n) is 13.3. The zero-order chi connectivity index (χ0) is 14.5. The highest BCUT2D eigenvalue weighted by atomic mass is 16.5. The van der Waals surface area contributed by atoms with Crippen LogP contribution in [0.15, 0.2) is 4.52 Å². The summed E-state index contributed by atoms with van der Waals surface area (Å²) >= 11 is 0. The molecule has 0 bridgehead atoms. The van der Waals surface area contributed by atoms with Crippen molar-refractivity contribution in [3.63, 3.8) is 0 Å². The maximum Gasteiger partial charge on any atom is 0.231 e. The van der Waals surface area contributed by atoms with E-state index in [4.69, 9.17) is 9.51 Å². The molecule has 4 nitrogen and oxygen atoms in total. The summed E-state index contributed by atoms with van der Waals surface area (Å²) in [6.45, 7) is 3.19. The summed E-state index contributed by atoms with van der Waals surface area (Å²) in [5.41, 5.74) is 0. The smallest absolute Gasteiger partial charge is 0.231 e. The second kappa shape index (κ2) is 7.39. The number of rotatable bonds is 4. The lowest BCUT2D eigenvalue weighted by Crippen LogP contribution is -2.31. The zero-order valence-corrected chi connectivity index (χ0v) is 13.3. The minimum atomic E-state index is 0.430. The summed E-state index contributed by atoms with van der Waals surface area (Å²) in [6.07, 6.45) is 12.9. The highest BCUT2D eigenvalue weighted by molar-refractivity contribution is 5.05. The normalized spacial score (nSPS) is 28.4. The van der Waals surface area contributed by atoms with Gasteiger partial charge in [-0.3, -0.25) is 0 Å². The van der Waals surface area contributed by atoms with Crippen molar-refractivity contribution in [2.45, 2.75) is 89.0 Å². The van der Waals surface area contributed by atoms with Crippen LogP contribution < -0.4 is 5.32 Å². The second-order valence-corrected chi connectivity index (χ2v) is 6.73. The number of likely N-dealkylation sites (N-methyl/N-ethyl adjacent to an activating group) is 1. The third-order valence-electron chi connectivity index (χ3n) is 5.23. The summed E-state index contributed by atoms with van der Waals surface area (Å²) in [7, 11) is 0. The van der Waals surface area contributed by atoms with Crippen LogP contribution in [0.4, 0.5) is 0 Å². The first-order valence-electron chi connectivity index (χ1n) is 8.95. The van der Waals surface area contributed by atoms with Crippen molar-refractivity contribution in [2.75, 3.05) is 6.54 Å². The van der Waals surface area contributed by atoms with Crippen molar-refractivity contribution >= 4 is 0 Å². The van der Waals surface area contributed by atoms with Gasteiger partial charge in [-0.05, 0) is 32.2 Å². The number of nitrogens with one attached hydrogen (secondary N) is 1. The fraction of sp³-hybridized carbons (Fsp3) is 0.882. The Labute approximate surface area is 128 Å². The summed E-state index contributed by atoms with van der Waals surface area (Å²) in [5, 5.41) is 7.91. The summed E-state index contributed by atoms with van der Waals surface area (Å²) in [6, 6.07) is 0.528. The molecule has 2 aliphatic rings. The molecule has 0 radical (unpaired) electrons. The first kappa shape index (κ1) is 15.0. The van der Waals surface area contributed by atoms with Gasteiger partial charge in [-0.15, -0.1) is 0 Å². The Morgan fingerprint density at radius 2 is 1.76 bits per heavy atom. The van der Waals surface area contributed by atoms with E-state index in [-0.39, 0.29) is 0 Å². The van der Waals surface area contributed by atoms with Crippen molar-refractivity contribution in [3.05, 3.63) is 11.7 Å². The molecule has 2 aliphatic carbocycles. The van der Waals surface area contributed by atoms with Gasteiger partial charge in [0, 0.05) is 12.0 Å². The molecule has 0 aromatic carbocycles. The molecule has 0 amide bonds. The van der Waals surface area contributed by atoms with E-state index < -0.39 is 0 Å². The molecule has 4 heteroatoms. The van der Waals surface area contributed by atoms with Crippen molar-refractivity contribution in [3.8, 4) is 0 Å². The van der Waals surface area contributed by atoms with Crippen LogP contribution in [0.2, 0.25) is 0 Å². The predicted molar refractivity (Wildman–Crippen MR) is 83.4 cm³/mol. The lowest BCUT2D eigenvalue weighted by atomic mass is 9.91. The van der Waals surface area contributed by atoms with Gasteiger partial charge in [0.05, 0.1) is 5.92 Å². The first-order chi connectivity index (χ1) is 10.4. The number of hydrogen-bond donors (Lipinski definition) is 1. The standard InChI is InChI=1S/C17H29N3O/c1-2-18-15-12-8-11-14(15)17-19-16(20-21-17)13-9-6-4-3-5-7-10-13/h13-15,18H,2-12H2,1H3. The van der Waals surface area contributed by atoms with Gasteiger partial charge < -0.3 is 9.84 Å². The van der Waals surface area contributed by atoms with Crippen LogP contribution in [0.25, 0.3) is 0 Å². The average molecular weight is 291 g/mol. The van der Waals surface area contributed by atoms with Crippen molar-refractivity contribution in [1.29, 1.82) is 0 Å². The third-order valence-corrected chi connectivity index (χ3v) is 5.23. The summed E-state index contributed by atoms with van der Waals surface area (Å²) < 4.78 is 5.65. The van der Waals surface area contributed by atoms with Gasteiger partial charge >= 0.3 is 0 Å². The van der Waals surface area contributed by atoms with Gasteiger partial charge in [0.15, 0.2) is 5.82 Å². The quantitative estimate of drug-likeness (QED) is 0.905. The second-order valence-electron chi connectivity index (χ2n) is 6.73. The molecular formula is C17H29N3O. The van der Waals surface area contributed by atoms with E-state index in [1.807, 2.05) is 0 Å².